The van der Waals surface area contributed by atoms with Crippen molar-refractivity contribution in [2.45, 2.75) is 38.6 Å². The van der Waals surface area contributed by atoms with Crippen molar-refractivity contribution in [3.63, 3.8) is 0 Å². The van der Waals surface area contributed by atoms with E-state index in [9.17, 15) is 18.5 Å². The third-order valence-corrected chi connectivity index (χ3v) is 5.96. The molecule has 0 fully saturated rings. The van der Waals surface area contributed by atoms with Gasteiger partial charge in [-0.25, -0.2) is 8.42 Å². The van der Waals surface area contributed by atoms with Crippen LogP contribution in [0.1, 0.15) is 33.7 Å². The van der Waals surface area contributed by atoms with Gasteiger partial charge in [-0.1, -0.05) is 13.8 Å². The first-order valence-electron chi connectivity index (χ1n) is 8.30. The van der Waals surface area contributed by atoms with Crippen molar-refractivity contribution in [3.8, 4) is 0 Å². The van der Waals surface area contributed by atoms with Crippen LogP contribution in [0.15, 0.2) is 35.5 Å². The van der Waals surface area contributed by atoms with Gasteiger partial charge in [-0.15, -0.1) is 0 Å². The summed E-state index contributed by atoms with van der Waals surface area (Å²) in [5.74, 6) is 0. The summed E-state index contributed by atoms with van der Waals surface area (Å²) in [4.78, 5) is 10.7. The number of hydrogen-bond acceptors (Lipinski definition) is 6. The molecule has 0 bridgehead atoms. The van der Waals surface area contributed by atoms with Crippen molar-refractivity contribution in [3.05, 3.63) is 40.7 Å². The summed E-state index contributed by atoms with van der Waals surface area (Å²) in [6.07, 6.45) is 3.29. The average molecular weight is 381 g/mol. The van der Waals surface area contributed by atoms with Crippen LogP contribution in [0.4, 0.5) is 17.1 Å². The van der Waals surface area contributed by atoms with Crippen LogP contribution < -0.4 is 5.32 Å². The van der Waals surface area contributed by atoms with Crippen LogP contribution in [-0.2, 0) is 10.0 Å². The smallest absolute Gasteiger partial charge is 0.294 e. The monoisotopic (exact) mass is 381 g/mol. The second kappa shape index (κ2) is 7.83. The number of nitrogens with one attached hydrogen (secondary N) is 1. The molecule has 0 aliphatic rings. The molecule has 0 aliphatic carbocycles. The minimum absolute atomic E-state index is 0.101. The fourth-order valence-electron chi connectivity index (χ4n) is 2.48. The summed E-state index contributed by atoms with van der Waals surface area (Å²) >= 11 is 0. The number of benzene rings is 1. The van der Waals surface area contributed by atoms with E-state index < -0.39 is 14.9 Å². The van der Waals surface area contributed by atoms with Gasteiger partial charge in [0.2, 0.25) is 10.0 Å². The van der Waals surface area contributed by atoms with E-state index in [0.29, 0.717) is 18.8 Å². The highest BCUT2D eigenvalue weighted by molar-refractivity contribution is 7.89. The molecule has 0 aliphatic heterocycles. The van der Waals surface area contributed by atoms with Crippen molar-refractivity contribution < 1.29 is 13.3 Å². The average Bonchev–Trinajstić information content (AvgIpc) is 3.04. The fraction of sp³-hybridized carbons (Fsp3) is 0.438. The van der Waals surface area contributed by atoms with Crippen molar-refractivity contribution in [1.29, 1.82) is 0 Å². The lowest BCUT2D eigenvalue weighted by atomic mass is 10.2. The molecule has 142 valence electrons. The first-order chi connectivity index (χ1) is 12.2. The van der Waals surface area contributed by atoms with Gasteiger partial charge in [-0.2, -0.15) is 9.40 Å². The zero-order valence-electron chi connectivity index (χ0n) is 15.2. The van der Waals surface area contributed by atoms with Crippen LogP contribution >= 0.6 is 0 Å². The second-order valence-electron chi connectivity index (χ2n) is 5.95. The molecular formula is C16H23N5O4S. The lowest BCUT2D eigenvalue weighted by Crippen LogP contribution is -2.30. The Morgan fingerprint density at radius 2 is 1.96 bits per heavy atom. The number of anilines is 2. The highest BCUT2D eigenvalue weighted by atomic mass is 32.2. The molecule has 0 amide bonds. The third-order valence-electron chi connectivity index (χ3n) is 3.92. The molecule has 0 radical (unpaired) electrons. The van der Waals surface area contributed by atoms with E-state index in [1.807, 2.05) is 13.8 Å². The summed E-state index contributed by atoms with van der Waals surface area (Å²) in [5, 5.41) is 18.6. The lowest BCUT2D eigenvalue weighted by Gasteiger charge is -2.18. The van der Waals surface area contributed by atoms with Crippen molar-refractivity contribution in [2.24, 2.45) is 0 Å². The molecule has 1 N–H and O–H groups in total. The molecule has 0 spiro atoms. The van der Waals surface area contributed by atoms with Gasteiger partial charge in [0.1, 0.15) is 5.69 Å². The van der Waals surface area contributed by atoms with Gasteiger partial charge in [-0.05, 0) is 26.0 Å². The molecule has 0 saturated heterocycles. The Kier molecular flexibility index (Phi) is 5.98. The van der Waals surface area contributed by atoms with Crippen LogP contribution in [0.5, 0.6) is 0 Å². The van der Waals surface area contributed by atoms with E-state index in [-0.39, 0.29) is 22.3 Å². The normalized spacial score (nSPS) is 11.9. The van der Waals surface area contributed by atoms with Gasteiger partial charge in [0, 0.05) is 31.4 Å². The van der Waals surface area contributed by atoms with E-state index >= 15 is 0 Å². The fourth-order valence-corrected chi connectivity index (χ4v) is 3.96. The minimum atomic E-state index is -3.77. The number of nitrogens with zero attached hydrogens (tertiary/aromatic N) is 4. The Balaban J connectivity index is 2.41. The zero-order chi connectivity index (χ0) is 19.5. The summed E-state index contributed by atoms with van der Waals surface area (Å²) in [5.41, 5.74) is 0.480. The van der Waals surface area contributed by atoms with E-state index in [1.54, 1.807) is 30.9 Å². The number of rotatable bonds is 8. The minimum Gasteiger partial charge on any atom is -0.347 e. The maximum atomic E-state index is 12.6. The highest BCUT2D eigenvalue weighted by Gasteiger charge is 2.25. The maximum absolute atomic E-state index is 12.6. The van der Waals surface area contributed by atoms with Gasteiger partial charge in [0.25, 0.3) is 5.69 Å². The van der Waals surface area contributed by atoms with Crippen LogP contribution in [0, 0.1) is 10.1 Å². The van der Waals surface area contributed by atoms with Crippen LogP contribution in [0.3, 0.4) is 0 Å². The molecular weight excluding hydrogens is 358 g/mol. The molecule has 0 atom stereocenters. The van der Waals surface area contributed by atoms with E-state index in [1.165, 1.54) is 16.4 Å². The second-order valence-corrected chi connectivity index (χ2v) is 7.89. The zero-order valence-corrected chi connectivity index (χ0v) is 16.0. The lowest BCUT2D eigenvalue weighted by molar-refractivity contribution is -0.384. The highest BCUT2D eigenvalue weighted by Crippen LogP contribution is 2.31. The number of sulfonamides is 1. The Morgan fingerprint density at radius 3 is 2.46 bits per heavy atom. The Hall–Kier alpha value is -2.46. The van der Waals surface area contributed by atoms with Crippen LogP contribution in [0.25, 0.3) is 0 Å². The van der Waals surface area contributed by atoms with Gasteiger partial charge < -0.3 is 5.32 Å². The standard InChI is InChI=1S/C16H23N5O4S/c1-5-19(6-2)26(24,25)14-7-8-15(16(9-14)21(22)23)18-13-10-17-20(11-13)12(3)4/h7-12,18H,5-6H2,1-4H3. The molecule has 1 aromatic carbocycles. The van der Waals surface area contributed by atoms with E-state index in [0.717, 1.165) is 6.07 Å². The number of nitro benzene ring substituents is 1. The van der Waals surface area contributed by atoms with E-state index in [4.69, 9.17) is 0 Å². The Bertz CT molecular complexity index is 888. The largest absolute Gasteiger partial charge is 0.347 e. The third kappa shape index (κ3) is 4.02. The van der Waals surface area contributed by atoms with Gasteiger partial charge in [-0.3, -0.25) is 14.8 Å². The Morgan fingerprint density at radius 1 is 1.31 bits per heavy atom. The molecule has 10 heteroatoms. The van der Waals surface area contributed by atoms with Crippen molar-refractivity contribution in [1.82, 2.24) is 14.1 Å². The van der Waals surface area contributed by atoms with Gasteiger partial charge >= 0.3 is 0 Å². The topological polar surface area (TPSA) is 110 Å². The molecule has 1 heterocycles. The van der Waals surface area contributed by atoms with E-state index in [2.05, 4.69) is 10.4 Å². The summed E-state index contributed by atoms with van der Waals surface area (Å²) in [6, 6.07) is 4.02. The first-order valence-corrected chi connectivity index (χ1v) is 9.74. The summed E-state index contributed by atoms with van der Waals surface area (Å²) in [7, 11) is -3.77. The number of hydrogen-bond donors (Lipinski definition) is 1. The molecule has 0 unspecified atom stereocenters. The number of aromatic nitrogens is 2. The molecule has 0 saturated carbocycles. The van der Waals surface area contributed by atoms with Crippen molar-refractivity contribution >= 4 is 27.1 Å². The van der Waals surface area contributed by atoms with Gasteiger partial charge in [0.15, 0.2) is 0 Å². The molecule has 9 nitrogen and oxygen atoms in total. The summed E-state index contributed by atoms with van der Waals surface area (Å²) in [6.45, 7) is 7.95. The maximum Gasteiger partial charge on any atom is 0.294 e. The van der Waals surface area contributed by atoms with Crippen molar-refractivity contribution in [2.75, 3.05) is 18.4 Å². The first kappa shape index (κ1) is 19.9. The predicted molar refractivity (Wildman–Crippen MR) is 99.1 cm³/mol. The van der Waals surface area contributed by atoms with Crippen LogP contribution in [-0.4, -0.2) is 40.5 Å². The summed E-state index contributed by atoms with van der Waals surface area (Å²) < 4.78 is 28.1. The molecule has 2 rings (SSSR count). The van der Waals surface area contributed by atoms with Gasteiger partial charge in [0.05, 0.1) is 21.7 Å². The quantitative estimate of drug-likeness (QED) is 0.555. The molecule has 26 heavy (non-hydrogen) atoms. The number of nitro groups is 1. The van der Waals surface area contributed by atoms with Crippen LogP contribution in [0.2, 0.25) is 0 Å². The predicted octanol–water partition coefficient (Wildman–Crippen LogP) is 3.15. The Labute approximate surface area is 152 Å². The molecule has 2 aromatic rings. The molecule has 1 aromatic heterocycles. The SMILES string of the molecule is CCN(CC)S(=O)(=O)c1ccc(Nc2cnn(C(C)C)c2)c([N+](=O)[O-])c1.